The van der Waals surface area contributed by atoms with Crippen LogP contribution in [-0.4, -0.2) is 17.4 Å². The molecule has 1 aromatic carbocycles. The molecule has 1 N–H and O–H groups in total. The maximum absolute atomic E-state index is 9.95. The van der Waals surface area contributed by atoms with Gasteiger partial charge in [-0.15, -0.1) is 0 Å². The van der Waals surface area contributed by atoms with Gasteiger partial charge in [0.15, 0.2) is 0 Å². The number of aliphatic imine (C=N–C) groups is 1. The summed E-state index contributed by atoms with van der Waals surface area (Å²) < 4.78 is 0. The third-order valence-electron chi connectivity index (χ3n) is 4.55. The van der Waals surface area contributed by atoms with Crippen molar-refractivity contribution in [3.63, 3.8) is 0 Å². The molecule has 3 rings (SSSR count). The first-order valence-electron chi connectivity index (χ1n) is 7.42. The third-order valence-corrected chi connectivity index (χ3v) is 4.55. The Morgan fingerprint density at radius 1 is 1.19 bits per heavy atom. The SMILES string of the molecule is Cc1cccc(C=NC2CC3CCC(C3)C2)c1O.[Cl][Zr][Cl]. The number of para-hydroxylation sites is 1. The summed E-state index contributed by atoms with van der Waals surface area (Å²) in [7, 11) is 9.87. The summed E-state index contributed by atoms with van der Waals surface area (Å²) in [5, 5.41) is 9.95. The predicted molar refractivity (Wildman–Crippen MR) is 86.0 cm³/mol. The van der Waals surface area contributed by atoms with Crippen LogP contribution in [0, 0.1) is 18.8 Å². The molecule has 0 amide bonds. The van der Waals surface area contributed by atoms with E-state index in [-0.39, 0.29) is 0 Å². The van der Waals surface area contributed by atoms with Crippen molar-refractivity contribution in [1.82, 2.24) is 0 Å². The molecule has 2 aliphatic carbocycles. The van der Waals surface area contributed by atoms with Gasteiger partial charge in [-0.25, -0.2) is 0 Å². The van der Waals surface area contributed by atoms with E-state index in [0.29, 0.717) is 11.8 Å². The maximum atomic E-state index is 9.95. The predicted octanol–water partition coefficient (Wildman–Crippen LogP) is 5.07. The van der Waals surface area contributed by atoms with E-state index in [1.54, 1.807) is 0 Å². The molecule has 1 aromatic rings. The normalized spacial score (nSPS) is 27.3. The average molecular weight is 405 g/mol. The van der Waals surface area contributed by atoms with Gasteiger partial charge in [-0.3, -0.25) is 4.99 Å². The van der Waals surface area contributed by atoms with Crippen molar-refractivity contribution in [2.24, 2.45) is 16.8 Å². The number of nitrogens with zero attached hydrogens (tertiary/aromatic N) is 1. The Kier molecular flexibility index (Phi) is 7.25. The third kappa shape index (κ3) is 5.08. The molecule has 5 heteroatoms. The molecule has 2 nitrogen and oxygen atoms in total. The molecule has 0 spiro atoms. The van der Waals surface area contributed by atoms with Gasteiger partial charge in [-0.2, -0.15) is 0 Å². The van der Waals surface area contributed by atoms with Crippen molar-refractivity contribution in [1.29, 1.82) is 0 Å². The Labute approximate surface area is 145 Å². The zero-order valence-electron chi connectivity index (χ0n) is 12.2. The Morgan fingerprint density at radius 2 is 1.81 bits per heavy atom. The van der Waals surface area contributed by atoms with Crippen molar-refractivity contribution in [2.75, 3.05) is 0 Å². The molecule has 0 aromatic heterocycles. The molecule has 2 unspecified atom stereocenters. The van der Waals surface area contributed by atoms with Gasteiger partial charge < -0.3 is 5.11 Å². The van der Waals surface area contributed by atoms with Gasteiger partial charge in [0.05, 0.1) is 6.04 Å². The first-order valence-corrected chi connectivity index (χ1v) is 13.7. The molecule has 2 atom stereocenters. The van der Waals surface area contributed by atoms with Crippen LogP contribution in [0.3, 0.4) is 0 Å². The van der Waals surface area contributed by atoms with E-state index in [0.717, 1.165) is 23.0 Å². The molecule has 114 valence electrons. The van der Waals surface area contributed by atoms with Gasteiger partial charge in [0.1, 0.15) is 5.75 Å². The van der Waals surface area contributed by atoms with Crippen molar-refractivity contribution in [3.05, 3.63) is 29.3 Å². The number of rotatable bonds is 2. The Balaban J connectivity index is 0.000000497. The summed E-state index contributed by atoms with van der Waals surface area (Å²) in [6.07, 6.45) is 8.62. The molecular formula is C16H21Cl2NOZr. The first kappa shape index (κ1) is 17.5. The van der Waals surface area contributed by atoms with Crippen LogP contribution in [-0.2, 0) is 20.8 Å². The molecule has 2 fully saturated rings. The van der Waals surface area contributed by atoms with Crippen molar-refractivity contribution < 1.29 is 26.0 Å². The van der Waals surface area contributed by atoms with E-state index in [4.69, 9.17) is 22.0 Å². The molecule has 2 bridgehead atoms. The standard InChI is InChI=1S/C16H21NO.2ClH.Zr/c1-11-3-2-4-14(16(11)18)10-17-15-8-12-5-6-13(7-12)9-15;;;/h2-4,10,12-13,15,18H,5-9H2,1H3;2*1H;/q;;;+2/p-2. The van der Waals surface area contributed by atoms with Gasteiger partial charge >= 0.3 is 37.9 Å². The van der Waals surface area contributed by atoms with Crippen molar-refractivity contribution >= 4 is 23.2 Å². The fraction of sp³-hybridized carbons (Fsp3) is 0.562. The quantitative estimate of drug-likeness (QED) is 0.684. The Morgan fingerprint density at radius 3 is 2.43 bits per heavy atom. The van der Waals surface area contributed by atoms with E-state index in [2.05, 4.69) is 0 Å². The summed E-state index contributed by atoms with van der Waals surface area (Å²) in [6, 6.07) is 6.31. The molecule has 2 saturated carbocycles. The van der Waals surface area contributed by atoms with Gasteiger partial charge in [-0.1, -0.05) is 25.0 Å². The molecule has 0 aliphatic heterocycles. The molecule has 0 heterocycles. The molecular weight excluding hydrogens is 384 g/mol. The molecule has 21 heavy (non-hydrogen) atoms. The van der Waals surface area contributed by atoms with E-state index >= 15 is 0 Å². The van der Waals surface area contributed by atoms with Crippen molar-refractivity contribution in [2.45, 2.75) is 45.1 Å². The Bertz CT molecular complexity index is 483. The van der Waals surface area contributed by atoms with Crippen molar-refractivity contribution in [3.8, 4) is 5.75 Å². The van der Waals surface area contributed by atoms with Crippen LogP contribution in [0.5, 0.6) is 5.75 Å². The van der Waals surface area contributed by atoms with Crippen LogP contribution in [0.2, 0.25) is 0 Å². The van der Waals surface area contributed by atoms with Gasteiger partial charge in [-0.05, 0) is 49.7 Å². The first-order chi connectivity index (χ1) is 10.1. The number of fused-ring (bicyclic) bond motifs is 2. The fourth-order valence-corrected chi connectivity index (χ4v) is 3.57. The molecule has 0 saturated heterocycles. The fourth-order valence-electron chi connectivity index (χ4n) is 3.57. The zero-order valence-corrected chi connectivity index (χ0v) is 16.2. The van der Waals surface area contributed by atoms with E-state index < -0.39 is 20.8 Å². The zero-order chi connectivity index (χ0) is 15.2. The van der Waals surface area contributed by atoms with Crippen LogP contribution in [0.25, 0.3) is 0 Å². The number of phenolic OH excluding ortho intramolecular Hbond substituents is 1. The second kappa shape index (κ2) is 8.70. The van der Waals surface area contributed by atoms with E-state index in [1.807, 2.05) is 31.3 Å². The number of halogens is 2. The minimum absolute atomic E-state index is 0.375. The number of hydrogen-bond acceptors (Lipinski definition) is 2. The number of benzene rings is 1. The number of phenols is 1. The van der Waals surface area contributed by atoms with Gasteiger partial charge in [0.2, 0.25) is 0 Å². The topological polar surface area (TPSA) is 32.6 Å². The van der Waals surface area contributed by atoms with Crippen LogP contribution >= 0.6 is 17.0 Å². The summed E-state index contributed by atoms with van der Waals surface area (Å²) in [4.78, 5) is 4.71. The monoisotopic (exact) mass is 403 g/mol. The summed E-state index contributed by atoms with van der Waals surface area (Å²) in [5.41, 5.74) is 1.77. The van der Waals surface area contributed by atoms with E-state index in [9.17, 15) is 5.11 Å². The Hall–Kier alpha value is 0.153. The van der Waals surface area contributed by atoms with Crippen LogP contribution in [0.15, 0.2) is 23.2 Å². The number of aromatic hydroxyl groups is 1. The van der Waals surface area contributed by atoms with Crippen LogP contribution in [0.4, 0.5) is 0 Å². The number of hydrogen-bond donors (Lipinski definition) is 1. The second-order valence-electron chi connectivity index (χ2n) is 6.03. The second-order valence-corrected chi connectivity index (χ2v) is 9.76. The molecule has 0 radical (unpaired) electrons. The average Bonchev–Trinajstić information content (AvgIpc) is 2.80. The summed E-state index contributed by atoms with van der Waals surface area (Å²) in [5.74, 6) is 2.20. The van der Waals surface area contributed by atoms with Gasteiger partial charge in [0, 0.05) is 11.8 Å². The molecule has 2 aliphatic rings. The number of aryl methyl sites for hydroxylation is 1. The van der Waals surface area contributed by atoms with Gasteiger partial charge in [0.25, 0.3) is 0 Å². The van der Waals surface area contributed by atoms with Crippen LogP contribution in [0.1, 0.15) is 43.2 Å². The summed E-state index contributed by atoms with van der Waals surface area (Å²) >= 11 is -0.826. The van der Waals surface area contributed by atoms with E-state index in [1.165, 1.54) is 32.1 Å². The minimum atomic E-state index is -0.826. The summed E-state index contributed by atoms with van der Waals surface area (Å²) in [6.45, 7) is 1.92. The van der Waals surface area contributed by atoms with Crippen LogP contribution < -0.4 is 0 Å².